The highest BCUT2D eigenvalue weighted by Crippen LogP contribution is 2.35. The molecule has 2 rings (SSSR count). The molecule has 0 aromatic heterocycles. The number of phenols is 1. The molecule has 0 heterocycles. The average molecular weight is 651 g/mol. The molecule has 2 atom stereocenters. The zero-order valence-electron chi connectivity index (χ0n) is 11.5. The second-order valence-electron chi connectivity index (χ2n) is 4.67. The number of ether oxygens (including phenoxy) is 1. The Morgan fingerprint density at radius 1 is 1.09 bits per heavy atom. The lowest BCUT2D eigenvalue weighted by Crippen LogP contribution is -2.33. The molecule has 0 aliphatic carbocycles. The number of halogens is 3. The fraction of sp³-hybridized carbons (Fsp3) is 0.133. The third-order valence-electron chi connectivity index (χ3n) is 3.01. The lowest BCUT2D eigenvalue weighted by atomic mass is 10.1. The number of hydrogen-bond acceptors (Lipinski definition) is 4. The Labute approximate surface area is 174 Å². The Balaban J connectivity index is 2.24. The molecule has 0 aliphatic heterocycles. The molecule has 0 bridgehead atoms. The van der Waals surface area contributed by atoms with E-state index in [0.29, 0.717) is 11.5 Å². The van der Waals surface area contributed by atoms with E-state index < -0.39 is 12.0 Å². The van der Waals surface area contributed by atoms with E-state index in [1.54, 1.807) is 24.3 Å². The molecule has 5 nitrogen and oxygen atoms in total. The van der Waals surface area contributed by atoms with Crippen LogP contribution in [0.25, 0.3) is 0 Å². The number of benzene rings is 2. The van der Waals surface area contributed by atoms with Crippen molar-refractivity contribution in [2.24, 2.45) is 5.73 Å². The van der Waals surface area contributed by atoms with Crippen LogP contribution in [0.2, 0.25) is 0 Å². The summed E-state index contributed by atoms with van der Waals surface area (Å²) < 4.78 is 7.17. The highest BCUT2D eigenvalue weighted by Gasteiger charge is 2.23. The Kier molecular flexibility index (Phi) is 6.74. The van der Waals surface area contributed by atoms with Crippen molar-refractivity contribution in [1.82, 2.24) is 0 Å². The van der Waals surface area contributed by atoms with E-state index in [0.717, 1.165) is 12.7 Å². The maximum Gasteiger partial charge on any atom is 0.321 e. The molecule has 8 heteroatoms. The van der Waals surface area contributed by atoms with Gasteiger partial charge in [-0.25, -0.2) is 0 Å². The van der Waals surface area contributed by atoms with Gasteiger partial charge in [0.2, 0.25) is 0 Å². The minimum Gasteiger partial charge on any atom is -0.508 e. The van der Waals surface area contributed by atoms with Crippen LogP contribution in [-0.2, 0) is 4.79 Å². The minimum atomic E-state index is -1.03. The van der Waals surface area contributed by atoms with Gasteiger partial charge in [0.1, 0.15) is 23.3 Å². The maximum absolute atomic E-state index is 11.0. The molecule has 0 spiro atoms. The number of nitrogens with two attached hydrogens (primary N) is 1. The number of aromatic hydroxyl groups is 1. The molecule has 0 amide bonds. The lowest BCUT2D eigenvalue weighted by molar-refractivity contribution is -0.138. The van der Waals surface area contributed by atoms with Gasteiger partial charge in [-0.05, 0) is 81.1 Å². The number of alkyl halides is 1. The number of carboxylic acids is 1. The van der Waals surface area contributed by atoms with Gasteiger partial charge in [0.25, 0.3) is 0 Å². The second-order valence-corrected chi connectivity index (χ2v) is 8.34. The van der Waals surface area contributed by atoms with Crippen molar-refractivity contribution in [1.29, 1.82) is 0 Å². The number of phenolic OH excluding ortho intramolecular Hbond substituents is 1. The Bertz CT molecular complexity index is 739. The topological polar surface area (TPSA) is 92.8 Å². The summed E-state index contributed by atoms with van der Waals surface area (Å²) in [7, 11) is 0. The van der Waals surface area contributed by atoms with Crippen LogP contribution in [0.15, 0.2) is 36.4 Å². The third kappa shape index (κ3) is 4.82. The van der Waals surface area contributed by atoms with Crippen LogP contribution in [-0.4, -0.2) is 22.2 Å². The average Bonchev–Trinajstić information content (AvgIpc) is 2.50. The second kappa shape index (κ2) is 8.16. The maximum atomic E-state index is 11.0. The van der Waals surface area contributed by atoms with E-state index in [4.69, 9.17) is 15.6 Å². The molecule has 1 unspecified atom stereocenters. The Morgan fingerprint density at radius 3 is 2.17 bits per heavy atom. The molecule has 2 aromatic carbocycles. The molecule has 4 N–H and O–H groups in total. The molecule has 2 aromatic rings. The van der Waals surface area contributed by atoms with Gasteiger partial charge in [0, 0.05) is 0 Å². The normalized spacial score (nSPS) is 13.4. The highest BCUT2D eigenvalue weighted by molar-refractivity contribution is 14.1. The Morgan fingerprint density at radius 2 is 1.65 bits per heavy atom. The van der Waals surface area contributed by atoms with E-state index in [1.165, 1.54) is 0 Å². The highest BCUT2D eigenvalue weighted by atomic mass is 127. The Hall–Kier alpha value is -0.340. The van der Waals surface area contributed by atoms with E-state index in [2.05, 4.69) is 45.2 Å². The van der Waals surface area contributed by atoms with Crippen molar-refractivity contribution in [3.8, 4) is 17.2 Å². The smallest absolute Gasteiger partial charge is 0.321 e. The van der Waals surface area contributed by atoms with Crippen LogP contribution in [0.1, 0.15) is 9.49 Å². The summed E-state index contributed by atoms with van der Waals surface area (Å²) in [4.78, 5) is 11.0. The van der Waals surface area contributed by atoms with Gasteiger partial charge in [-0.2, -0.15) is 0 Å². The first-order valence-electron chi connectivity index (χ1n) is 6.38. The number of rotatable bonds is 5. The van der Waals surface area contributed by atoms with Crippen LogP contribution < -0.4 is 10.5 Å². The van der Waals surface area contributed by atoms with Crippen LogP contribution in [0, 0.1) is 7.14 Å². The van der Waals surface area contributed by atoms with Gasteiger partial charge < -0.3 is 20.7 Å². The van der Waals surface area contributed by atoms with Gasteiger partial charge in [-0.15, -0.1) is 0 Å². The first-order chi connectivity index (χ1) is 10.8. The molecule has 0 saturated heterocycles. The van der Waals surface area contributed by atoms with E-state index in [1.807, 2.05) is 34.7 Å². The van der Waals surface area contributed by atoms with Crippen LogP contribution in [0.4, 0.5) is 0 Å². The molecular weight excluding hydrogens is 639 g/mol. The van der Waals surface area contributed by atoms with Crippen LogP contribution in [0.5, 0.6) is 17.2 Å². The molecule has 0 saturated carbocycles. The fourth-order valence-electron chi connectivity index (χ4n) is 1.79. The van der Waals surface area contributed by atoms with E-state index in [9.17, 15) is 9.90 Å². The summed E-state index contributed by atoms with van der Waals surface area (Å²) in [5.74, 6) is 0.452. The number of carbonyl (C=O) groups is 1. The van der Waals surface area contributed by atoms with Crippen molar-refractivity contribution in [2.75, 3.05) is 0 Å². The predicted molar refractivity (Wildman–Crippen MR) is 112 cm³/mol. The minimum absolute atomic E-state index is 0.183. The van der Waals surface area contributed by atoms with Crippen molar-refractivity contribution < 1.29 is 19.7 Å². The summed E-state index contributed by atoms with van der Waals surface area (Å²) >= 11 is 6.25. The van der Waals surface area contributed by atoms with Crippen LogP contribution >= 0.6 is 67.8 Å². The summed E-state index contributed by atoms with van der Waals surface area (Å²) in [6.07, 6.45) is 0. The third-order valence-corrected chi connectivity index (χ3v) is 6.19. The largest absolute Gasteiger partial charge is 0.508 e. The van der Waals surface area contributed by atoms with Gasteiger partial charge in [-0.1, -0.05) is 28.7 Å². The first kappa shape index (κ1) is 19.0. The number of hydrogen-bond donors (Lipinski definition) is 3. The lowest BCUT2D eigenvalue weighted by Gasteiger charge is -2.16. The zero-order chi connectivity index (χ0) is 17.1. The standard InChI is InChI=1S/C15H12I3NO4/c16-9-5-7(13(18)14(19)15(21)22)1-3-11(9)23-12-4-2-8(20)6-10(12)17/h1-6,13-14,20H,19H2,(H,21,22)/t13?,14-/m1/s1. The number of aliphatic carboxylic acids is 1. The van der Waals surface area contributed by atoms with Gasteiger partial charge in [0.05, 0.1) is 11.1 Å². The fourth-order valence-corrected chi connectivity index (χ4v) is 3.75. The first-order valence-corrected chi connectivity index (χ1v) is 9.78. The van der Waals surface area contributed by atoms with Gasteiger partial charge >= 0.3 is 5.97 Å². The van der Waals surface area contributed by atoms with Gasteiger partial charge in [0.15, 0.2) is 0 Å². The summed E-state index contributed by atoms with van der Waals surface area (Å²) in [6, 6.07) is 9.38. The molecular formula is C15H12I3NO4. The molecule has 0 aliphatic rings. The number of carboxylic acid groups (broad SMARTS) is 1. The van der Waals surface area contributed by atoms with Crippen molar-refractivity contribution in [2.45, 2.75) is 9.97 Å². The van der Waals surface area contributed by atoms with Crippen LogP contribution in [0.3, 0.4) is 0 Å². The predicted octanol–water partition coefficient (Wildman–Crippen LogP) is 4.28. The monoisotopic (exact) mass is 651 g/mol. The summed E-state index contributed by atoms with van der Waals surface area (Å²) in [5, 5.41) is 18.4. The molecule has 23 heavy (non-hydrogen) atoms. The summed E-state index contributed by atoms with van der Waals surface area (Å²) in [6.45, 7) is 0. The van der Waals surface area contributed by atoms with Crippen molar-refractivity contribution >= 4 is 73.7 Å². The molecule has 0 radical (unpaired) electrons. The quantitative estimate of drug-likeness (QED) is 0.332. The van der Waals surface area contributed by atoms with Gasteiger partial charge in [-0.3, -0.25) is 4.79 Å². The van der Waals surface area contributed by atoms with E-state index >= 15 is 0 Å². The summed E-state index contributed by atoms with van der Waals surface area (Å²) in [5.41, 5.74) is 6.50. The van der Waals surface area contributed by atoms with Crippen molar-refractivity contribution in [3.05, 3.63) is 49.1 Å². The molecule has 0 fully saturated rings. The molecule has 122 valence electrons. The SMILES string of the molecule is N[C@@H](C(=O)O)C(I)c1ccc(Oc2ccc(O)cc2I)c(I)c1. The van der Waals surface area contributed by atoms with Crippen molar-refractivity contribution in [3.63, 3.8) is 0 Å². The zero-order valence-corrected chi connectivity index (χ0v) is 18.0. The van der Waals surface area contributed by atoms with E-state index in [-0.39, 0.29) is 9.67 Å².